The number of methoxy groups -OCH3 is 4. The van der Waals surface area contributed by atoms with Gasteiger partial charge in [0.1, 0.15) is 23.0 Å². The van der Waals surface area contributed by atoms with E-state index in [1.54, 1.807) is 28.4 Å². The van der Waals surface area contributed by atoms with Gasteiger partial charge in [-0.25, -0.2) is 0 Å². The van der Waals surface area contributed by atoms with Crippen molar-refractivity contribution in [1.82, 2.24) is 0 Å². The predicted molar refractivity (Wildman–Crippen MR) is 203 cm³/mol. The second-order valence-corrected chi connectivity index (χ2v) is 12.9. The third-order valence-electron chi connectivity index (χ3n) is 9.98. The molecule has 0 atom stereocenters. The van der Waals surface area contributed by atoms with Crippen molar-refractivity contribution >= 4 is 12.6 Å². The molecule has 50 heavy (non-hydrogen) atoms. The second kappa shape index (κ2) is 14.8. The predicted octanol–water partition coefficient (Wildman–Crippen LogP) is 8.75. The minimum absolute atomic E-state index is 0.351. The minimum Gasteiger partial charge on any atom is -0.497 e. The van der Waals surface area contributed by atoms with Gasteiger partial charge in [-0.15, -0.1) is 0 Å². The summed E-state index contributed by atoms with van der Waals surface area (Å²) < 4.78 is 21.2. The quantitative estimate of drug-likeness (QED) is 0.0943. The van der Waals surface area contributed by atoms with Gasteiger partial charge in [0, 0.05) is 0 Å². The first-order chi connectivity index (χ1) is 24.4. The summed E-state index contributed by atoms with van der Waals surface area (Å²) in [4.78, 5) is 0. The fraction of sp³-hybridized carbons (Fsp3) is 0.182. The summed E-state index contributed by atoms with van der Waals surface area (Å²) in [5, 5.41) is 12.5. The van der Waals surface area contributed by atoms with Gasteiger partial charge in [0.25, 0.3) is 0 Å². The van der Waals surface area contributed by atoms with E-state index in [0.29, 0.717) is 0 Å². The molecule has 0 heterocycles. The molecule has 6 heteroatoms. The number of aliphatic hydroxyl groups excluding tert-OH is 1. The Hall–Kier alpha value is -5.17. The summed E-state index contributed by atoms with van der Waals surface area (Å²) in [6.45, 7) is -0.351. The summed E-state index contributed by atoms with van der Waals surface area (Å²) in [5.41, 5.74) is 3.34. The van der Waals surface area contributed by atoms with E-state index in [9.17, 15) is 5.11 Å². The molecule has 0 saturated carbocycles. The molecule has 6 rings (SSSR count). The van der Waals surface area contributed by atoms with Gasteiger partial charge in [-0.3, -0.25) is 0 Å². The standard InChI is InChI=1S/C44H42O5S/c1-46-38-23-15-34(16-24-38)43(32-11-7-5-8-12-32,35-17-25-39(47-2)26-18-35)42(50,31-45)44(33-13-9-6-10-14-33,36-19-27-40(48-3)28-20-36)37-21-29-41(49-4)30-22-37/h5-30,45,50H,31H2,1-4H3. The molecule has 1 N–H and O–H groups in total. The Morgan fingerprint density at radius 3 is 0.800 bits per heavy atom. The van der Waals surface area contributed by atoms with Gasteiger partial charge in [-0.1, -0.05) is 109 Å². The molecular formula is C44H42O5S. The molecule has 0 aliphatic carbocycles. The number of ether oxygens (including phenoxy) is 4. The average Bonchev–Trinajstić information content (AvgIpc) is 3.20. The van der Waals surface area contributed by atoms with Crippen LogP contribution in [0.2, 0.25) is 0 Å². The van der Waals surface area contributed by atoms with Crippen LogP contribution in [0.3, 0.4) is 0 Å². The van der Waals surface area contributed by atoms with Gasteiger partial charge in [-0.05, 0) is 81.9 Å². The molecule has 0 aliphatic heterocycles. The molecule has 0 amide bonds. The monoisotopic (exact) mass is 682 g/mol. The fourth-order valence-corrected chi connectivity index (χ4v) is 8.47. The van der Waals surface area contributed by atoms with Crippen molar-refractivity contribution in [3.8, 4) is 23.0 Å². The topological polar surface area (TPSA) is 57.2 Å². The highest BCUT2D eigenvalue weighted by Crippen LogP contribution is 2.63. The number of aliphatic hydroxyl groups is 1. The zero-order valence-electron chi connectivity index (χ0n) is 28.7. The molecule has 254 valence electrons. The van der Waals surface area contributed by atoms with Crippen molar-refractivity contribution in [2.24, 2.45) is 0 Å². The van der Waals surface area contributed by atoms with Gasteiger partial charge in [-0.2, -0.15) is 12.6 Å². The van der Waals surface area contributed by atoms with Crippen LogP contribution in [0.4, 0.5) is 0 Å². The third-order valence-corrected chi connectivity index (χ3v) is 10.8. The molecule has 0 bridgehead atoms. The van der Waals surface area contributed by atoms with Crippen LogP contribution >= 0.6 is 12.6 Å². The average molecular weight is 683 g/mol. The fourth-order valence-electron chi connectivity index (χ4n) is 7.69. The van der Waals surface area contributed by atoms with Crippen LogP contribution in [0.25, 0.3) is 0 Å². The lowest BCUT2D eigenvalue weighted by Crippen LogP contribution is -2.64. The molecule has 6 aromatic rings. The van der Waals surface area contributed by atoms with Crippen molar-refractivity contribution in [3.05, 3.63) is 191 Å². The maximum atomic E-state index is 12.5. The highest BCUT2D eigenvalue weighted by Gasteiger charge is 2.65. The third kappa shape index (κ3) is 5.59. The molecule has 5 nitrogen and oxygen atoms in total. The molecule has 0 aliphatic rings. The van der Waals surface area contributed by atoms with E-state index in [0.717, 1.165) is 56.4 Å². The van der Waals surface area contributed by atoms with Gasteiger partial charge >= 0.3 is 0 Å². The lowest BCUT2D eigenvalue weighted by Gasteiger charge is -2.59. The van der Waals surface area contributed by atoms with Crippen molar-refractivity contribution in [2.75, 3.05) is 35.0 Å². The molecule has 0 spiro atoms. The van der Waals surface area contributed by atoms with E-state index in [2.05, 4.69) is 72.8 Å². The van der Waals surface area contributed by atoms with E-state index in [1.807, 2.05) is 84.9 Å². The first kappa shape index (κ1) is 34.7. The maximum absolute atomic E-state index is 12.5. The highest BCUT2D eigenvalue weighted by atomic mass is 32.1. The Labute approximate surface area is 300 Å². The van der Waals surface area contributed by atoms with Crippen molar-refractivity contribution in [3.63, 3.8) is 0 Å². The first-order valence-electron chi connectivity index (χ1n) is 16.4. The molecule has 0 aromatic heterocycles. The summed E-state index contributed by atoms with van der Waals surface area (Å²) >= 11 is 5.97. The van der Waals surface area contributed by atoms with E-state index in [1.165, 1.54) is 0 Å². The maximum Gasteiger partial charge on any atom is 0.118 e. The lowest BCUT2D eigenvalue weighted by atomic mass is 9.48. The number of hydrogen-bond donors (Lipinski definition) is 2. The van der Waals surface area contributed by atoms with Gasteiger partial charge in [0.2, 0.25) is 0 Å². The molecular weight excluding hydrogens is 641 g/mol. The van der Waals surface area contributed by atoms with Crippen LogP contribution in [0.15, 0.2) is 158 Å². The highest BCUT2D eigenvalue weighted by molar-refractivity contribution is 7.82. The van der Waals surface area contributed by atoms with E-state index in [4.69, 9.17) is 31.6 Å². The molecule has 0 saturated heterocycles. The first-order valence-corrected chi connectivity index (χ1v) is 16.9. The molecule has 0 radical (unpaired) electrons. The lowest BCUT2D eigenvalue weighted by molar-refractivity contribution is 0.173. The summed E-state index contributed by atoms with van der Waals surface area (Å²) in [7, 11) is 6.64. The van der Waals surface area contributed by atoms with Crippen LogP contribution < -0.4 is 18.9 Å². The van der Waals surface area contributed by atoms with Crippen LogP contribution in [-0.2, 0) is 10.8 Å². The number of hydrogen-bond acceptors (Lipinski definition) is 6. The Morgan fingerprint density at radius 1 is 0.380 bits per heavy atom. The Morgan fingerprint density at radius 2 is 0.600 bits per heavy atom. The van der Waals surface area contributed by atoms with Crippen molar-refractivity contribution in [2.45, 2.75) is 15.6 Å². The van der Waals surface area contributed by atoms with Gasteiger partial charge in [0.15, 0.2) is 0 Å². The Balaban J connectivity index is 1.88. The molecule has 6 aromatic carbocycles. The van der Waals surface area contributed by atoms with E-state index in [-0.39, 0.29) is 6.61 Å². The number of rotatable bonds is 13. The van der Waals surface area contributed by atoms with E-state index >= 15 is 0 Å². The van der Waals surface area contributed by atoms with Crippen LogP contribution in [-0.4, -0.2) is 44.9 Å². The van der Waals surface area contributed by atoms with Crippen molar-refractivity contribution < 1.29 is 24.1 Å². The van der Waals surface area contributed by atoms with Crippen LogP contribution in [0.5, 0.6) is 23.0 Å². The largest absolute Gasteiger partial charge is 0.497 e. The SMILES string of the molecule is COc1ccc(C(c2ccccc2)(c2ccc(OC)cc2)C(S)(CO)C(c2ccccc2)(c2ccc(OC)cc2)c2ccc(OC)cc2)cc1. The summed E-state index contributed by atoms with van der Waals surface area (Å²) in [6.07, 6.45) is 0. The normalized spacial score (nSPS) is 11.9. The summed E-state index contributed by atoms with van der Waals surface area (Å²) in [5.74, 6) is 2.88. The number of thiol groups is 1. The Kier molecular flexibility index (Phi) is 10.2. The van der Waals surface area contributed by atoms with Crippen LogP contribution in [0.1, 0.15) is 33.4 Å². The van der Waals surface area contributed by atoms with Gasteiger partial charge < -0.3 is 24.1 Å². The zero-order chi connectivity index (χ0) is 35.2. The Bertz CT molecular complexity index is 1720. The van der Waals surface area contributed by atoms with Gasteiger partial charge in [0.05, 0.1) is 50.6 Å². The second-order valence-electron chi connectivity index (χ2n) is 12.2. The number of benzene rings is 6. The smallest absolute Gasteiger partial charge is 0.118 e. The zero-order valence-corrected chi connectivity index (χ0v) is 29.6. The summed E-state index contributed by atoms with van der Waals surface area (Å²) in [6, 6.07) is 53.0. The van der Waals surface area contributed by atoms with E-state index < -0.39 is 15.6 Å². The minimum atomic E-state index is -1.35. The van der Waals surface area contributed by atoms with Crippen LogP contribution in [0, 0.1) is 0 Å². The van der Waals surface area contributed by atoms with Crippen molar-refractivity contribution in [1.29, 1.82) is 0 Å². The molecule has 0 unspecified atom stereocenters. The molecule has 0 fully saturated rings.